The zero-order chi connectivity index (χ0) is 8.10. The molecule has 0 saturated carbocycles. The van der Waals surface area contributed by atoms with Gasteiger partial charge in [-0.2, -0.15) is 0 Å². The third kappa shape index (κ3) is 6.71. The number of rotatable bonds is 3. The quantitative estimate of drug-likeness (QED) is 0.728. The predicted molar refractivity (Wildman–Crippen MR) is 58.4 cm³/mol. The van der Waals surface area contributed by atoms with Crippen LogP contribution >= 0.6 is 12.6 Å². The Morgan fingerprint density at radius 2 is 1.50 bits per heavy atom. The fourth-order valence-corrected chi connectivity index (χ4v) is 1.17. The van der Waals surface area contributed by atoms with Crippen LogP contribution in [0.3, 0.4) is 0 Å². The van der Waals surface area contributed by atoms with E-state index in [0.29, 0.717) is 0 Å². The number of aryl methyl sites for hydroxylation is 1. The van der Waals surface area contributed by atoms with Gasteiger partial charge < -0.3 is 0 Å². The molecule has 0 heterocycles. The summed E-state index contributed by atoms with van der Waals surface area (Å²) in [4.78, 5) is 0.935. The van der Waals surface area contributed by atoms with Crippen LogP contribution in [0.1, 0.15) is 25.3 Å². The van der Waals surface area contributed by atoms with Crippen LogP contribution < -0.4 is 0 Å². The fraction of sp³-hybridized carbons (Fsp3) is 0.400. The summed E-state index contributed by atoms with van der Waals surface area (Å²) in [5.74, 6) is 0. The van der Waals surface area contributed by atoms with E-state index in [1.165, 1.54) is 24.8 Å². The van der Waals surface area contributed by atoms with Gasteiger partial charge in [-0.1, -0.05) is 38.1 Å². The summed E-state index contributed by atoms with van der Waals surface area (Å²) < 4.78 is 0. The van der Waals surface area contributed by atoms with Crippen LogP contribution in [0.5, 0.6) is 0 Å². The molecule has 0 spiro atoms. The number of hydrogen-bond acceptors (Lipinski definition) is 0. The van der Waals surface area contributed by atoms with Crippen molar-refractivity contribution in [1.29, 1.82) is 0 Å². The Balaban J connectivity index is -0.000000403. The van der Waals surface area contributed by atoms with Crippen LogP contribution in [0.2, 0.25) is 0 Å². The fourth-order valence-electron chi connectivity index (χ4n) is 1.04. The molecule has 0 amide bonds. The Kier molecular flexibility index (Phi) is 13.9. The molecule has 0 aliphatic heterocycles. The summed E-state index contributed by atoms with van der Waals surface area (Å²) in [6, 6.07) is 8.25. The molecule has 0 fully saturated rings. The number of benzene rings is 1. The largest absolute Gasteiger partial charge is 0.269 e. The minimum absolute atomic E-state index is 0. The van der Waals surface area contributed by atoms with E-state index in [1.807, 2.05) is 12.1 Å². The molecule has 0 saturated heterocycles. The first kappa shape index (κ1) is 18.9. The zero-order valence-corrected chi connectivity index (χ0v) is 8.88. The Morgan fingerprint density at radius 1 is 1.00 bits per heavy atom. The highest BCUT2D eigenvalue weighted by Crippen LogP contribution is 2.09. The molecule has 0 atom stereocenters. The number of unbranched alkanes of at least 4 members (excludes halogenated alkanes) is 1. The van der Waals surface area contributed by atoms with E-state index >= 15 is 0 Å². The van der Waals surface area contributed by atoms with Crippen LogP contribution in [0.15, 0.2) is 29.2 Å². The van der Waals surface area contributed by atoms with Gasteiger partial charge in [0.25, 0.3) is 0 Å². The molecule has 0 aliphatic carbocycles. The van der Waals surface area contributed by atoms with Crippen molar-refractivity contribution in [2.24, 2.45) is 0 Å². The first-order valence-corrected chi connectivity index (χ1v) is 4.49. The molecule has 4 heteroatoms. The monoisotopic (exact) mass is 225 g/mol. The summed E-state index contributed by atoms with van der Waals surface area (Å²) in [5, 5.41) is 0. The van der Waals surface area contributed by atoms with Gasteiger partial charge in [0.05, 0.1) is 0 Å². The summed E-state index contributed by atoms with van der Waals surface area (Å²) in [7, 11) is 0. The maximum atomic E-state index is 4.98. The predicted octanol–water partition coefficient (Wildman–Crippen LogP) is 4.04. The second-order valence-corrected chi connectivity index (χ2v) is 3.22. The van der Waals surface area contributed by atoms with Gasteiger partial charge in [-0.05, 0) is 30.5 Å². The van der Waals surface area contributed by atoms with Gasteiger partial charge in [0, 0.05) is 4.90 Å². The second kappa shape index (κ2) is 10.3. The Labute approximate surface area is 88.2 Å². The highest BCUT2D eigenvalue weighted by atomic mass is 32.1. The van der Waals surface area contributed by atoms with Gasteiger partial charge in [0.2, 0.25) is 0 Å². The molecule has 0 aliphatic rings. The van der Waals surface area contributed by atoms with Crippen molar-refractivity contribution in [3.05, 3.63) is 29.8 Å². The lowest BCUT2D eigenvalue weighted by Gasteiger charge is -1.98. The van der Waals surface area contributed by atoms with Crippen LogP contribution in [-0.4, -0.2) is 0 Å². The van der Waals surface area contributed by atoms with Gasteiger partial charge in [-0.15, -0.1) is 0 Å². The van der Waals surface area contributed by atoms with Gasteiger partial charge in [-0.25, -0.2) is 0 Å². The molecule has 0 nitrogen and oxygen atoms in total. The van der Waals surface area contributed by atoms with Crippen molar-refractivity contribution >= 4 is 12.6 Å². The smallest absolute Gasteiger partial charge is 0.0377 e. The molecule has 0 unspecified atom stereocenters. The average molecular weight is 225 g/mol. The molecule has 0 N–H and O–H groups in total. The van der Waals surface area contributed by atoms with Crippen molar-refractivity contribution < 1.29 is 14.1 Å². The van der Waals surface area contributed by atoms with E-state index in [-0.39, 0.29) is 14.1 Å². The van der Waals surface area contributed by atoms with Crippen molar-refractivity contribution in [3.63, 3.8) is 0 Å². The van der Waals surface area contributed by atoms with Crippen LogP contribution in [-0.2, 0) is 6.42 Å². The molecular weight excluding hydrogens is 209 g/mol. The number of halogens is 3. The van der Waals surface area contributed by atoms with Crippen molar-refractivity contribution in [1.82, 2.24) is 0 Å². The third-order valence-corrected chi connectivity index (χ3v) is 2.01. The van der Waals surface area contributed by atoms with Crippen molar-refractivity contribution in [2.75, 3.05) is 0 Å². The van der Waals surface area contributed by atoms with Gasteiger partial charge in [0.15, 0.2) is 0 Å². The molecule has 0 aromatic heterocycles. The van der Waals surface area contributed by atoms with Crippen LogP contribution in [0.4, 0.5) is 14.1 Å². The van der Waals surface area contributed by atoms with E-state index < -0.39 is 0 Å². The van der Waals surface area contributed by atoms with Crippen molar-refractivity contribution in [3.8, 4) is 0 Å². The zero-order valence-electron chi connectivity index (χ0n) is 8.06. The van der Waals surface area contributed by atoms with Crippen molar-refractivity contribution in [2.45, 2.75) is 31.1 Å². The summed E-state index contributed by atoms with van der Waals surface area (Å²) >= 11 is 4.98. The normalized spacial score (nSPS) is 7.79. The average Bonchev–Trinajstić information content (AvgIpc) is 2.04. The molecule has 1 aromatic rings. The van der Waals surface area contributed by atoms with E-state index in [4.69, 9.17) is 12.6 Å². The highest BCUT2D eigenvalue weighted by molar-refractivity contribution is 7.80. The lowest BCUT2D eigenvalue weighted by atomic mass is 10.1. The molecule has 83 valence electrons. The lowest BCUT2D eigenvalue weighted by molar-refractivity contribution is 0.794. The van der Waals surface area contributed by atoms with Gasteiger partial charge in [-0.3, -0.25) is 14.1 Å². The molecule has 0 bridgehead atoms. The summed E-state index contributed by atoms with van der Waals surface area (Å²) in [6.45, 7) is 2.21. The maximum Gasteiger partial charge on any atom is 0.0377 e. The molecule has 14 heavy (non-hydrogen) atoms. The van der Waals surface area contributed by atoms with Crippen LogP contribution in [0.25, 0.3) is 0 Å². The Bertz CT molecular complexity index is 211. The van der Waals surface area contributed by atoms with Crippen LogP contribution in [0, 0.1) is 0 Å². The molecule has 1 aromatic carbocycles. The van der Waals surface area contributed by atoms with E-state index in [9.17, 15) is 0 Å². The first-order chi connectivity index (χ1) is 5.33. The minimum atomic E-state index is 0. The third-order valence-electron chi connectivity index (χ3n) is 1.74. The molecular formula is C10H16F3S. The lowest BCUT2D eigenvalue weighted by Crippen LogP contribution is -1.82. The Morgan fingerprint density at radius 3 is 1.93 bits per heavy atom. The minimum Gasteiger partial charge on any atom is -0.269 e. The van der Waals surface area contributed by atoms with Gasteiger partial charge >= 0.3 is 0 Å². The molecule has 1 rings (SSSR count). The first-order valence-electron chi connectivity index (χ1n) is 4.09. The standard InChI is InChI=1S/C10H13S.3FH/c1-2-3-4-9-5-7-10(11)8-6-9;;;/h5-8H,2-4H2,1H3;3*1H. The van der Waals surface area contributed by atoms with E-state index in [1.54, 1.807) is 0 Å². The Hall–Kier alpha value is -0.770. The SMILES string of the molecule is CCCCc1ccc([S])cc1.F.F.F. The number of hydrogen-bond donors (Lipinski definition) is 0. The summed E-state index contributed by atoms with van der Waals surface area (Å²) in [6.07, 6.45) is 3.72. The van der Waals surface area contributed by atoms with E-state index in [2.05, 4.69) is 19.1 Å². The highest BCUT2D eigenvalue weighted by Gasteiger charge is 1.90. The second-order valence-electron chi connectivity index (χ2n) is 2.75. The maximum absolute atomic E-state index is 4.98. The topological polar surface area (TPSA) is 0 Å². The summed E-state index contributed by atoms with van der Waals surface area (Å²) in [5.41, 5.74) is 1.40. The van der Waals surface area contributed by atoms with Gasteiger partial charge in [0.1, 0.15) is 0 Å². The van der Waals surface area contributed by atoms with E-state index in [0.717, 1.165) is 4.90 Å². The molecule has 1 radical (unpaired) electrons.